The fourth-order valence-electron chi connectivity index (χ4n) is 1.36. The highest BCUT2D eigenvalue weighted by Gasteiger charge is 2.05. The SMILES string of the molecule is CN(CCOCCO)c1ccc(Br)cc1N. The zero-order valence-corrected chi connectivity index (χ0v) is 10.9. The van der Waals surface area contributed by atoms with Crippen LogP contribution < -0.4 is 10.6 Å². The first-order valence-corrected chi connectivity index (χ1v) is 5.89. The molecule has 1 aromatic carbocycles. The lowest BCUT2D eigenvalue weighted by atomic mass is 10.2. The van der Waals surface area contributed by atoms with Gasteiger partial charge in [0.25, 0.3) is 0 Å². The third kappa shape index (κ3) is 4.00. The zero-order chi connectivity index (χ0) is 12.0. The van der Waals surface area contributed by atoms with Crippen LogP contribution >= 0.6 is 15.9 Å². The summed E-state index contributed by atoms with van der Waals surface area (Å²) in [4.78, 5) is 2.03. The molecule has 0 aliphatic rings. The number of nitrogens with zero attached hydrogens (tertiary/aromatic N) is 1. The van der Waals surface area contributed by atoms with Crippen LogP contribution in [0, 0.1) is 0 Å². The average molecular weight is 289 g/mol. The molecule has 0 aromatic heterocycles. The Morgan fingerprint density at radius 1 is 1.44 bits per heavy atom. The van der Waals surface area contributed by atoms with Gasteiger partial charge in [-0.1, -0.05) is 15.9 Å². The number of ether oxygens (including phenoxy) is 1. The van der Waals surface area contributed by atoms with Crippen molar-refractivity contribution in [2.45, 2.75) is 0 Å². The Hall–Kier alpha value is -0.780. The minimum Gasteiger partial charge on any atom is -0.397 e. The lowest BCUT2D eigenvalue weighted by Crippen LogP contribution is -2.24. The molecule has 1 aromatic rings. The first-order chi connectivity index (χ1) is 7.65. The van der Waals surface area contributed by atoms with Gasteiger partial charge >= 0.3 is 0 Å². The molecule has 0 heterocycles. The molecule has 4 nitrogen and oxygen atoms in total. The van der Waals surface area contributed by atoms with E-state index in [0.29, 0.717) is 13.2 Å². The number of benzene rings is 1. The Morgan fingerprint density at radius 3 is 2.81 bits per heavy atom. The van der Waals surface area contributed by atoms with Gasteiger partial charge in [0.1, 0.15) is 0 Å². The molecule has 0 unspecified atom stereocenters. The van der Waals surface area contributed by atoms with Crippen LogP contribution in [0.4, 0.5) is 11.4 Å². The van der Waals surface area contributed by atoms with Crippen molar-refractivity contribution in [1.82, 2.24) is 0 Å². The van der Waals surface area contributed by atoms with E-state index >= 15 is 0 Å². The second-order valence-electron chi connectivity index (χ2n) is 3.46. The normalized spacial score (nSPS) is 10.4. The van der Waals surface area contributed by atoms with Crippen LogP contribution in [0.15, 0.2) is 22.7 Å². The number of likely N-dealkylation sites (N-methyl/N-ethyl adjacent to an activating group) is 1. The van der Waals surface area contributed by atoms with E-state index < -0.39 is 0 Å². The molecule has 0 aliphatic carbocycles. The van der Waals surface area contributed by atoms with Gasteiger partial charge in [0, 0.05) is 18.1 Å². The summed E-state index contributed by atoms with van der Waals surface area (Å²) in [5.41, 5.74) is 7.62. The number of nitrogens with two attached hydrogens (primary N) is 1. The predicted molar refractivity (Wildman–Crippen MR) is 69.7 cm³/mol. The predicted octanol–water partition coefficient (Wildman–Crippen LogP) is 1.48. The number of nitrogen functional groups attached to an aromatic ring is 1. The van der Waals surface area contributed by atoms with Crippen LogP contribution in [0.2, 0.25) is 0 Å². The number of hydrogen-bond acceptors (Lipinski definition) is 4. The van der Waals surface area contributed by atoms with Crippen molar-refractivity contribution >= 4 is 27.3 Å². The Bertz CT molecular complexity index is 334. The Kier molecular flexibility index (Phi) is 5.59. The van der Waals surface area contributed by atoms with E-state index in [1.54, 1.807) is 0 Å². The van der Waals surface area contributed by atoms with E-state index in [-0.39, 0.29) is 6.61 Å². The van der Waals surface area contributed by atoms with E-state index in [0.717, 1.165) is 22.4 Å². The minimum atomic E-state index is 0.0597. The molecule has 0 atom stereocenters. The number of aliphatic hydroxyl groups is 1. The van der Waals surface area contributed by atoms with Crippen LogP contribution in [-0.2, 0) is 4.74 Å². The first kappa shape index (κ1) is 13.3. The molecule has 0 radical (unpaired) electrons. The number of halogens is 1. The molecule has 0 saturated heterocycles. The number of hydrogen-bond donors (Lipinski definition) is 2. The van der Waals surface area contributed by atoms with Crippen molar-refractivity contribution < 1.29 is 9.84 Å². The summed E-state index contributed by atoms with van der Waals surface area (Å²) in [6.45, 7) is 1.76. The van der Waals surface area contributed by atoms with Crippen LogP contribution in [0.25, 0.3) is 0 Å². The van der Waals surface area contributed by atoms with Crippen molar-refractivity contribution in [3.8, 4) is 0 Å². The molecular formula is C11H17BrN2O2. The summed E-state index contributed by atoms with van der Waals surface area (Å²) in [5, 5.41) is 8.56. The summed E-state index contributed by atoms with van der Waals surface area (Å²) in [7, 11) is 1.96. The molecule has 90 valence electrons. The number of aliphatic hydroxyl groups excluding tert-OH is 1. The van der Waals surface area contributed by atoms with Gasteiger partial charge in [-0.3, -0.25) is 0 Å². The molecule has 0 spiro atoms. The second-order valence-corrected chi connectivity index (χ2v) is 4.38. The molecule has 0 fully saturated rings. The van der Waals surface area contributed by atoms with Crippen molar-refractivity contribution in [2.24, 2.45) is 0 Å². The highest BCUT2D eigenvalue weighted by Crippen LogP contribution is 2.25. The summed E-state index contributed by atoms with van der Waals surface area (Å²) < 4.78 is 6.17. The van der Waals surface area contributed by atoms with E-state index in [2.05, 4.69) is 15.9 Å². The summed E-state index contributed by atoms with van der Waals surface area (Å²) in [6, 6.07) is 5.79. The third-order valence-electron chi connectivity index (χ3n) is 2.21. The molecular weight excluding hydrogens is 272 g/mol. The zero-order valence-electron chi connectivity index (χ0n) is 9.32. The smallest absolute Gasteiger partial charge is 0.0698 e. The molecule has 0 bridgehead atoms. The van der Waals surface area contributed by atoms with E-state index in [4.69, 9.17) is 15.6 Å². The summed E-state index contributed by atoms with van der Waals surface area (Å²) >= 11 is 3.37. The van der Waals surface area contributed by atoms with Crippen molar-refractivity contribution in [2.75, 3.05) is 44.0 Å². The maximum Gasteiger partial charge on any atom is 0.0698 e. The van der Waals surface area contributed by atoms with Crippen molar-refractivity contribution in [3.63, 3.8) is 0 Å². The van der Waals surface area contributed by atoms with Crippen LogP contribution in [-0.4, -0.2) is 38.5 Å². The Balaban J connectivity index is 2.49. The lowest BCUT2D eigenvalue weighted by molar-refractivity contribution is 0.0971. The first-order valence-electron chi connectivity index (χ1n) is 5.10. The fraction of sp³-hybridized carbons (Fsp3) is 0.455. The van der Waals surface area contributed by atoms with E-state index in [1.807, 2.05) is 30.1 Å². The van der Waals surface area contributed by atoms with Crippen molar-refractivity contribution in [1.29, 1.82) is 0 Å². The van der Waals surface area contributed by atoms with Gasteiger partial charge in [0.15, 0.2) is 0 Å². The minimum absolute atomic E-state index is 0.0597. The third-order valence-corrected chi connectivity index (χ3v) is 2.70. The average Bonchev–Trinajstić information content (AvgIpc) is 2.24. The standard InChI is InChI=1S/C11H17BrN2O2/c1-14(4-6-16-7-5-15)11-3-2-9(12)8-10(11)13/h2-3,8,15H,4-7,13H2,1H3. The molecule has 16 heavy (non-hydrogen) atoms. The van der Waals surface area contributed by atoms with E-state index in [9.17, 15) is 0 Å². The summed E-state index contributed by atoms with van der Waals surface area (Å²) in [6.07, 6.45) is 0. The van der Waals surface area contributed by atoms with Crippen LogP contribution in [0.1, 0.15) is 0 Å². The van der Waals surface area contributed by atoms with Gasteiger partial charge in [0.2, 0.25) is 0 Å². The van der Waals surface area contributed by atoms with Crippen LogP contribution in [0.3, 0.4) is 0 Å². The maximum atomic E-state index is 8.56. The maximum absolute atomic E-state index is 8.56. The highest BCUT2D eigenvalue weighted by molar-refractivity contribution is 9.10. The molecule has 0 saturated carbocycles. The van der Waals surface area contributed by atoms with Gasteiger partial charge in [-0.2, -0.15) is 0 Å². The monoisotopic (exact) mass is 288 g/mol. The second kappa shape index (κ2) is 6.73. The van der Waals surface area contributed by atoms with E-state index in [1.165, 1.54) is 0 Å². The quantitative estimate of drug-likeness (QED) is 0.615. The number of rotatable bonds is 6. The highest BCUT2D eigenvalue weighted by atomic mass is 79.9. The van der Waals surface area contributed by atoms with Crippen molar-refractivity contribution in [3.05, 3.63) is 22.7 Å². The summed E-state index contributed by atoms with van der Waals surface area (Å²) in [5.74, 6) is 0. The number of anilines is 2. The van der Waals surface area contributed by atoms with Gasteiger partial charge in [0.05, 0.1) is 31.2 Å². The van der Waals surface area contributed by atoms with Gasteiger partial charge in [-0.05, 0) is 18.2 Å². The lowest BCUT2D eigenvalue weighted by Gasteiger charge is -2.21. The molecule has 0 amide bonds. The topological polar surface area (TPSA) is 58.7 Å². The molecule has 3 N–H and O–H groups in total. The Labute approximate surface area is 104 Å². The molecule has 5 heteroatoms. The molecule has 1 rings (SSSR count). The Morgan fingerprint density at radius 2 is 2.19 bits per heavy atom. The largest absolute Gasteiger partial charge is 0.397 e. The van der Waals surface area contributed by atoms with Gasteiger partial charge < -0.3 is 20.5 Å². The van der Waals surface area contributed by atoms with Gasteiger partial charge in [-0.15, -0.1) is 0 Å². The fourth-order valence-corrected chi connectivity index (χ4v) is 1.74. The van der Waals surface area contributed by atoms with Crippen LogP contribution in [0.5, 0.6) is 0 Å². The van der Waals surface area contributed by atoms with Gasteiger partial charge in [-0.25, -0.2) is 0 Å². The molecule has 0 aliphatic heterocycles.